The van der Waals surface area contributed by atoms with Gasteiger partial charge in [-0.3, -0.25) is 4.79 Å². The number of fused-ring (bicyclic) bond motifs is 1. The second kappa shape index (κ2) is 7.16. The number of aromatic nitrogens is 1. The van der Waals surface area contributed by atoms with E-state index in [1.54, 1.807) is 0 Å². The summed E-state index contributed by atoms with van der Waals surface area (Å²) in [5.74, 6) is 0.0539. The molecule has 1 aromatic carbocycles. The van der Waals surface area contributed by atoms with Crippen molar-refractivity contribution in [2.24, 2.45) is 0 Å². The molecule has 0 aliphatic rings. The van der Waals surface area contributed by atoms with Crippen LogP contribution in [0.3, 0.4) is 0 Å². The van der Waals surface area contributed by atoms with Gasteiger partial charge in [0, 0.05) is 24.8 Å². The molecule has 104 valence electrons. The molecule has 0 saturated carbocycles. The van der Waals surface area contributed by atoms with Gasteiger partial charge < -0.3 is 14.8 Å². The molecule has 0 saturated heterocycles. The molecule has 1 amide bonds. The van der Waals surface area contributed by atoms with Crippen LogP contribution in [0.25, 0.3) is 10.9 Å². The minimum atomic E-state index is 0. The van der Waals surface area contributed by atoms with E-state index >= 15 is 0 Å². The van der Waals surface area contributed by atoms with Crippen molar-refractivity contribution in [3.05, 3.63) is 36.5 Å². The molecule has 4 nitrogen and oxygen atoms in total. The topological polar surface area (TPSA) is 37.3 Å². The molecule has 0 atom stereocenters. The van der Waals surface area contributed by atoms with Crippen molar-refractivity contribution in [2.75, 3.05) is 27.2 Å². The van der Waals surface area contributed by atoms with E-state index in [1.807, 2.05) is 54.0 Å². The fourth-order valence-electron chi connectivity index (χ4n) is 1.91. The lowest BCUT2D eigenvalue weighted by Crippen LogP contribution is -2.33. The second-order valence-corrected chi connectivity index (χ2v) is 4.66. The van der Waals surface area contributed by atoms with Crippen LogP contribution in [-0.4, -0.2) is 42.6 Å². The number of hydrogen-bond acceptors (Lipinski definition) is 2. The zero-order chi connectivity index (χ0) is 13.0. The van der Waals surface area contributed by atoms with Crippen LogP contribution in [0.1, 0.15) is 0 Å². The predicted octanol–water partition coefficient (Wildman–Crippen LogP) is 1.74. The van der Waals surface area contributed by atoms with Crippen molar-refractivity contribution >= 4 is 29.2 Å². The van der Waals surface area contributed by atoms with Crippen LogP contribution in [0, 0.1) is 0 Å². The summed E-state index contributed by atoms with van der Waals surface area (Å²) in [6, 6.07) is 10.1. The summed E-state index contributed by atoms with van der Waals surface area (Å²) in [4.78, 5) is 13.8. The summed E-state index contributed by atoms with van der Waals surface area (Å²) in [5.41, 5.74) is 1.10. The summed E-state index contributed by atoms with van der Waals surface area (Å²) in [7, 11) is 3.98. The lowest BCUT2D eigenvalue weighted by Gasteiger charge is -2.11. The Hall–Kier alpha value is -1.52. The fraction of sp³-hybridized carbons (Fsp3) is 0.357. The van der Waals surface area contributed by atoms with Gasteiger partial charge >= 0.3 is 0 Å². The Labute approximate surface area is 119 Å². The maximum Gasteiger partial charge on any atom is 0.239 e. The van der Waals surface area contributed by atoms with Gasteiger partial charge in [0.05, 0.1) is 0 Å². The van der Waals surface area contributed by atoms with Gasteiger partial charge in [0.1, 0.15) is 6.54 Å². The van der Waals surface area contributed by atoms with Crippen molar-refractivity contribution in [3.63, 3.8) is 0 Å². The highest BCUT2D eigenvalue weighted by molar-refractivity contribution is 5.85. The molecule has 0 unspecified atom stereocenters. The zero-order valence-electron chi connectivity index (χ0n) is 11.3. The maximum absolute atomic E-state index is 11.8. The van der Waals surface area contributed by atoms with Gasteiger partial charge in [-0.25, -0.2) is 0 Å². The average molecular weight is 282 g/mol. The van der Waals surface area contributed by atoms with Gasteiger partial charge in [-0.05, 0) is 31.6 Å². The molecule has 1 heterocycles. The van der Waals surface area contributed by atoms with E-state index in [1.165, 1.54) is 5.39 Å². The highest BCUT2D eigenvalue weighted by Crippen LogP contribution is 2.14. The van der Waals surface area contributed by atoms with Gasteiger partial charge in [-0.2, -0.15) is 0 Å². The van der Waals surface area contributed by atoms with Crippen LogP contribution in [0.2, 0.25) is 0 Å². The molecule has 0 radical (unpaired) electrons. The molecule has 19 heavy (non-hydrogen) atoms. The van der Waals surface area contributed by atoms with Crippen LogP contribution in [0.4, 0.5) is 0 Å². The Kier molecular flexibility index (Phi) is 5.86. The molecule has 0 fully saturated rings. The number of halogens is 1. The summed E-state index contributed by atoms with van der Waals surface area (Å²) >= 11 is 0. The molecule has 1 N–H and O–H groups in total. The number of amides is 1. The molecule has 2 rings (SSSR count). The van der Waals surface area contributed by atoms with E-state index in [9.17, 15) is 4.79 Å². The highest BCUT2D eigenvalue weighted by atomic mass is 35.5. The number of nitrogens with zero attached hydrogens (tertiary/aromatic N) is 2. The van der Waals surface area contributed by atoms with Crippen molar-refractivity contribution in [3.8, 4) is 0 Å². The van der Waals surface area contributed by atoms with Gasteiger partial charge in [-0.1, -0.05) is 18.2 Å². The largest absolute Gasteiger partial charge is 0.353 e. The van der Waals surface area contributed by atoms with Crippen LogP contribution in [-0.2, 0) is 11.3 Å². The summed E-state index contributed by atoms with van der Waals surface area (Å²) < 4.78 is 1.97. The molecule has 0 bridgehead atoms. The van der Waals surface area contributed by atoms with Crippen LogP contribution in [0.15, 0.2) is 36.5 Å². The van der Waals surface area contributed by atoms with E-state index in [-0.39, 0.29) is 18.3 Å². The van der Waals surface area contributed by atoms with Gasteiger partial charge in [0.2, 0.25) is 5.91 Å². The lowest BCUT2D eigenvalue weighted by molar-refractivity contribution is -0.121. The number of likely N-dealkylation sites (N-methyl/N-ethyl adjacent to an activating group) is 1. The SMILES string of the molecule is CN(C)CCNC(=O)Cn1ccc2ccccc21.Cl. The molecule has 5 heteroatoms. The van der Waals surface area contributed by atoms with E-state index in [0.717, 1.165) is 12.1 Å². The number of carbonyl (C=O) groups excluding carboxylic acids is 1. The third kappa shape index (κ3) is 4.26. The molecule has 0 aliphatic carbocycles. The van der Waals surface area contributed by atoms with Crippen molar-refractivity contribution < 1.29 is 4.79 Å². The monoisotopic (exact) mass is 281 g/mol. The number of hydrogen-bond donors (Lipinski definition) is 1. The number of benzene rings is 1. The minimum absolute atomic E-state index is 0. The molecule has 2 aromatic rings. The van der Waals surface area contributed by atoms with Crippen LogP contribution < -0.4 is 5.32 Å². The Morgan fingerprint density at radius 1 is 1.26 bits per heavy atom. The van der Waals surface area contributed by atoms with Crippen molar-refractivity contribution in [2.45, 2.75) is 6.54 Å². The first-order valence-corrected chi connectivity index (χ1v) is 6.12. The highest BCUT2D eigenvalue weighted by Gasteiger charge is 2.05. The number of carbonyl (C=O) groups is 1. The van der Waals surface area contributed by atoms with Crippen molar-refractivity contribution in [1.82, 2.24) is 14.8 Å². The Bertz CT molecular complexity index is 536. The van der Waals surface area contributed by atoms with E-state index in [4.69, 9.17) is 0 Å². The Balaban J connectivity index is 0.00000180. The number of rotatable bonds is 5. The quantitative estimate of drug-likeness (QED) is 0.906. The molecular formula is C14H20ClN3O. The van der Waals surface area contributed by atoms with Crippen molar-refractivity contribution in [1.29, 1.82) is 0 Å². The normalized spacial score (nSPS) is 10.5. The summed E-state index contributed by atoms with van der Waals surface area (Å²) in [5, 5.41) is 4.08. The second-order valence-electron chi connectivity index (χ2n) is 4.66. The number of nitrogens with one attached hydrogen (secondary N) is 1. The third-order valence-corrected chi connectivity index (χ3v) is 2.88. The van der Waals surface area contributed by atoms with E-state index < -0.39 is 0 Å². The average Bonchev–Trinajstić information content (AvgIpc) is 2.72. The maximum atomic E-state index is 11.8. The first-order valence-electron chi connectivity index (χ1n) is 6.12. The predicted molar refractivity (Wildman–Crippen MR) is 80.7 cm³/mol. The molecule has 0 spiro atoms. The molecular weight excluding hydrogens is 262 g/mol. The molecule has 1 aromatic heterocycles. The summed E-state index contributed by atoms with van der Waals surface area (Å²) in [6.07, 6.45) is 1.95. The smallest absolute Gasteiger partial charge is 0.239 e. The fourth-order valence-corrected chi connectivity index (χ4v) is 1.91. The van der Waals surface area contributed by atoms with Gasteiger partial charge in [0.25, 0.3) is 0 Å². The molecule has 0 aliphatic heterocycles. The zero-order valence-corrected chi connectivity index (χ0v) is 12.1. The van der Waals surface area contributed by atoms with E-state index in [0.29, 0.717) is 13.1 Å². The van der Waals surface area contributed by atoms with Gasteiger partial charge in [0.15, 0.2) is 0 Å². The number of para-hydroxylation sites is 1. The first kappa shape index (κ1) is 15.5. The first-order chi connectivity index (χ1) is 8.66. The van der Waals surface area contributed by atoms with Crippen LogP contribution in [0.5, 0.6) is 0 Å². The summed E-state index contributed by atoms with van der Waals surface area (Å²) in [6.45, 7) is 1.92. The van der Waals surface area contributed by atoms with E-state index in [2.05, 4.69) is 11.4 Å². The Morgan fingerprint density at radius 3 is 2.74 bits per heavy atom. The lowest BCUT2D eigenvalue weighted by atomic mass is 10.2. The van der Waals surface area contributed by atoms with Crippen LogP contribution >= 0.6 is 12.4 Å². The third-order valence-electron chi connectivity index (χ3n) is 2.88. The standard InChI is InChI=1S/C14H19N3O.ClH/c1-16(2)10-8-15-14(18)11-17-9-7-12-5-3-4-6-13(12)17;/h3-7,9H,8,10-11H2,1-2H3,(H,15,18);1H. The van der Waals surface area contributed by atoms with Gasteiger partial charge in [-0.15, -0.1) is 12.4 Å². The minimum Gasteiger partial charge on any atom is -0.353 e. The Morgan fingerprint density at radius 2 is 2.00 bits per heavy atom.